The van der Waals surface area contributed by atoms with Crippen LogP contribution in [-0.2, 0) is 11.2 Å². The normalized spacial score (nSPS) is 12.5. The SMILES string of the molecule is CCCc1cc(=O)n2nc(N[C@H](C)C(=O)O)sc2n1. The van der Waals surface area contributed by atoms with Crippen LogP contribution in [0.1, 0.15) is 26.0 Å². The van der Waals surface area contributed by atoms with Crippen molar-refractivity contribution >= 4 is 27.4 Å². The number of aliphatic carboxylic acids is 1. The van der Waals surface area contributed by atoms with Crippen molar-refractivity contribution in [2.75, 3.05) is 5.32 Å². The predicted molar refractivity (Wildman–Crippen MR) is 71.8 cm³/mol. The zero-order valence-corrected chi connectivity index (χ0v) is 11.4. The molecule has 102 valence electrons. The van der Waals surface area contributed by atoms with Gasteiger partial charge < -0.3 is 10.4 Å². The molecule has 8 heteroatoms. The van der Waals surface area contributed by atoms with Gasteiger partial charge in [-0.15, -0.1) is 5.10 Å². The Balaban J connectivity index is 2.37. The molecule has 0 saturated heterocycles. The van der Waals surface area contributed by atoms with Crippen LogP contribution in [0, 0.1) is 0 Å². The van der Waals surface area contributed by atoms with Gasteiger partial charge in [-0.1, -0.05) is 24.7 Å². The second kappa shape index (κ2) is 5.35. The number of nitrogens with zero attached hydrogens (tertiary/aromatic N) is 3. The van der Waals surface area contributed by atoms with Crippen LogP contribution in [0.4, 0.5) is 5.13 Å². The molecule has 0 unspecified atom stereocenters. The maximum atomic E-state index is 11.8. The summed E-state index contributed by atoms with van der Waals surface area (Å²) in [6.45, 7) is 3.52. The standard InChI is InChI=1S/C11H14N4O3S/c1-3-4-7-5-8(16)15-11(13-7)19-10(14-15)12-6(2)9(17)18/h5-6H,3-4H2,1-2H3,(H,12,14)(H,17,18)/t6-/m1/s1. The Bertz CT molecular complexity index is 663. The third kappa shape index (κ3) is 2.90. The minimum Gasteiger partial charge on any atom is -0.480 e. The lowest BCUT2D eigenvalue weighted by Gasteiger charge is -2.05. The number of aromatic nitrogens is 3. The van der Waals surface area contributed by atoms with Gasteiger partial charge in [0.15, 0.2) is 0 Å². The first-order valence-electron chi connectivity index (χ1n) is 5.90. The molecule has 2 N–H and O–H groups in total. The summed E-state index contributed by atoms with van der Waals surface area (Å²) < 4.78 is 1.18. The van der Waals surface area contributed by atoms with E-state index in [1.807, 2.05) is 6.92 Å². The van der Waals surface area contributed by atoms with Crippen molar-refractivity contribution < 1.29 is 9.90 Å². The number of carbonyl (C=O) groups is 1. The van der Waals surface area contributed by atoms with Crippen molar-refractivity contribution in [3.8, 4) is 0 Å². The first-order chi connectivity index (χ1) is 9.01. The van der Waals surface area contributed by atoms with Gasteiger partial charge >= 0.3 is 5.97 Å². The highest BCUT2D eigenvalue weighted by atomic mass is 32.1. The molecule has 0 aromatic carbocycles. The van der Waals surface area contributed by atoms with E-state index in [0.29, 0.717) is 10.1 Å². The zero-order valence-electron chi connectivity index (χ0n) is 10.6. The van der Waals surface area contributed by atoms with E-state index < -0.39 is 12.0 Å². The highest BCUT2D eigenvalue weighted by Gasteiger charge is 2.14. The number of hydrogen-bond acceptors (Lipinski definition) is 6. The maximum Gasteiger partial charge on any atom is 0.325 e. The van der Waals surface area contributed by atoms with Gasteiger partial charge in [-0.3, -0.25) is 9.59 Å². The molecule has 0 fully saturated rings. The highest BCUT2D eigenvalue weighted by molar-refractivity contribution is 7.20. The molecule has 19 heavy (non-hydrogen) atoms. The van der Waals surface area contributed by atoms with Gasteiger partial charge in [-0.25, -0.2) is 4.98 Å². The maximum absolute atomic E-state index is 11.8. The van der Waals surface area contributed by atoms with Crippen LogP contribution in [0.5, 0.6) is 0 Å². The summed E-state index contributed by atoms with van der Waals surface area (Å²) in [5.41, 5.74) is 0.481. The molecule has 0 radical (unpaired) electrons. The van der Waals surface area contributed by atoms with Crippen molar-refractivity contribution in [2.24, 2.45) is 0 Å². The van der Waals surface area contributed by atoms with E-state index in [-0.39, 0.29) is 5.56 Å². The fourth-order valence-corrected chi connectivity index (χ4v) is 2.46. The van der Waals surface area contributed by atoms with Crippen molar-refractivity contribution in [1.82, 2.24) is 14.6 Å². The van der Waals surface area contributed by atoms with Crippen LogP contribution in [0.3, 0.4) is 0 Å². The van der Waals surface area contributed by atoms with E-state index in [1.165, 1.54) is 17.5 Å². The second-order valence-corrected chi connectivity index (χ2v) is 5.10. The van der Waals surface area contributed by atoms with Crippen molar-refractivity contribution in [3.05, 3.63) is 22.1 Å². The molecule has 2 aromatic rings. The van der Waals surface area contributed by atoms with Crippen LogP contribution >= 0.6 is 11.3 Å². The fraction of sp³-hybridized carbons (Fsp3) is 0.455. The Morgan fingerprint density at radius 1 is 1.63 bits per heavy atom. The highest BCUT2D eigenvalue weighted by Crippen LogP contribution is 2.17. The first-order valence-corrected chi connectivity index (χ1v) is 6.72. The Morgan fingerprint density at radius 3 is 3.00 bits per heavy atom. The average molecular weight is 282 g/mol. The number of hydrogen-bond donors (Lipinski definition) is 2. The number of anilines is 1. The minimum absolute atomic E-state index is 0.249. The summed E-state index contributed by atoms with van der Waals surface area (Å²) in [6.07, 6.45) is 1.64. The third-order valence-electron chi connectivity index (χ3n) is 2.51. The van der Waals surface area contributed by atoms with E-state index in [4.69, 9.17) is 5.11 Å². The van der Waals surface area contributed by atoms with Crippen LogP contribution in [0.2, 0.25) is 0 Å². The Morgan fingerprint density at radius 2 is 2.37 bits per heavy atom. The lowest BCUT2D eigenvalue weighted by Crippen LogP contribution is -2.25. The summed E-state index contributed by atoms with van der Waals surface area (Å²) in [5.74, 6) is -0.980. The molecule has 0 amide bonds. The second-order valence-electron chi connectivity index (χ2n) is 4.14. The Kier molecular flexibility index (Phi) is 3.79. The molecular weight excluding hydrogens is 268 g/mol. The number of carboxylic acids is 1. The molecule has 0 aliphatic carbocycles. The van der Waals surface area contributed by atoms with Crippen LogP contribution < -0.4 is 10.9 Å². The molecule has 0 aliphatic heterocycles. The number of nitrogens with one attached hydrogen (secondary N) is 1. The van der Waals surface area contributed by atoms with Crippen molar-refractivity contribution in [1.29, 1.82) is 0 Å². The van der Waals surface area contributed by atoms with Gasteiger partial charge in [0.2, 0.25) is 10.1 Å². The molecule has 0 saturated carbocycles. The van der Waals surface area contributed by atoms with Crippen LogP contribution in [0.25, 0.3) is 4.96 Å². The molecule has 2 rings (SSSR count). The van der Waals surface area contributed by atoms with Gasteiger partial charge in [-0.05, 0) is 13.3 Å². The summed E-state index contributed by atoms with van der Waals surface area (Å²) in [4.78, 5) is 27.4. The lowest BCUT2D eigenvalue weighted by atomic mass is 10.2. The van der Waals surface area contributed by atoms with Crippen molar-refractivity contribution in [3.63, 3.8) is 0 Å². The molecule has 1 atom stereocenters. The quantitative estimate of drug-likeness (QED) is 0.849. The van der Waals surface area contributed by atoms with Crippen LogP contribution in [0.15, 0.2) is 10.9 Å². The third-order valence-corrected chi connectivity index (χ3v) is 3.35. The molecule has 7 nitrogen and oxygen atoms in total. The minimum atomic E-state index is -0.980. The largest absolute Gasteiger partial charge is 0.480 e. The fourth-order valence-electron chi connectivity index (χ4n) is 1.55. The topological polar surface area (TPSA) is 96.6 Å². The summed E-state index contributed by atoms with van der Waals surface area (Å²) in [5, 5.41) is 15.9. The van der Waals surface area contributed by atoms with Crippen LogP contribution in [-0.4, -0.2) is 31.7 Å². The Labute approximate surface area is 112 Å². The zero-order chi connectivity index (χ0) is 14.0. The molecule has 2 heterocycles. The Hall–Kier alpha value is -1.96. The van der Waals surface area contributed by atoms with E-state index in [1.54, 1.807) is 0 Å². The molecular formula is C11H14N4O3S. The first kappa shape index (κ1) is 13.5. The number of fused-ring (bicyclic) bond motifs is 1. The van der Waals surface area contributed by atoms with Gasteiger partial charge in [0.1, 0.15) is 6.04 Å². The van der Waals surface area contributed by atoms with E-state index in [9.17, 15) is 9.59 Å². The summed E-state index contributed by atoms with van der Waals surface area (Å²) >= 11 is 1.16. The van der Waals surface area contributed by atoms with Gasteiger partial charge in [-0.2, -0.15) is 4.52 Å². The molecule has 0 aliphatic rings. The lowest BCUT2D eigenvalue weighted by molar-refractivity contribution is -0.137. The predicted octanol–water partition coefficient (Wildman–Crippen LogP) is 0.989. The smallest absolute Gasteiger partial charge is 0.325 e. The van der Waals surface area contributed by atoms with Gasteiger partial charge in [0, 0.05) is 11.8 Å². The number of aryl methyl sites for hydroxylation is 1. The molecule has 0 spiro atoms. The van der Waals surface area contributed by atoms with Gasteiger partial charge in [0.05, 0.1) is 0 Å². The van der Waals surface area contributed by atoms with E-state index in [2.05, 4.69) is 15.4 Å². The molecule has 0 bridgehead atoms. The van der Waals surface area contributed by atoms with Gasteiger partial charge in [0.25, 0.3) is 5.56 Å². The average Bonchev–Trinajstić information content (AvgIpc) is 2.72. The van der Waals surface area contributed by atoms with E-state index >= 15 is 0 Å². The molecule has 2 aromatic heterocycles. The monoisotopic (exact) mass is 282 g/mol. The number of rotatable bonds is 5. The summed E-state index contributed by atoms with van der Waals surface area (Å²) in [6, 6.07) is 0.687. The number of carboxylic acid groups (broad SMARTS) is 1. The van der Waals surface area contributed by atoms with E-state index in [0.717, 1.165) is 29.9 Å². The summed E-state index contributed by atoms with van der Waals surface area (Å²) in [7, 11) is 0. The van der Waals surface area contributed by atoms with Crippen molar-refractivity contribution in [2.45, 2.75) is 32.7 Å².